The number of amides is 2. The molecule has 0 spiro atoms. The molecule has 1 atom stereocenters. The first-order chi connectivity index (χ1) is 14.3. The van der Waals surface area contributed by atoms with Gasteiger partial charge in [-0.15, -0.1) is 10.2 Å². The van der Waals surface area contributed by atoms with Gasteiger partial charge in [-0.2, -0.15) is 10.2 Å². The number of carbonyl (C=O) groups is 2. The van der Waals surface area contributed by atoms with Gasteiger partial charge in [-0.1, -0.05) is 41.0 Å². The summed E-state index contributed by atoms with van der Waals surface area (Å²) in [5.74, 6) is 0.822. The number of aryl methyl sites for hydroxylation is 1. The van der Waals surface area contributed by atoms with Crippen molar-refractivity contribution in [1.82, 2.24) is 20.4 Å². The normalized spacial score (nSPS) is 12.1. The lowest BCUT2D eigenvalue weighted by molar-refractivity contribution is -0.119. The lowest BCUT2D eigenvalue weighted by Crippen LogP contribution is -2.19. The van der Waals surface area contributed by atoms with Crippen LogP contribution in [0.2, 0.25) is 0 Å². The molecule has 2 aromatic heterocycles. The van der Waals surface area contributed by atoms with Crippen LogP contribution in [-0.4, -0.2) is 32.2 Å². The maximum atomic E-state index is 11.8. The van der Waals surface area contributed by atoms with Crippen LogP contribution in [0.5, 0.6) is 0 Å². The monoisotopic (exact) mass is 412 g/mol. The van der Waals surface area contributed by atoms with E-state index in [-0.39, 0.29) is 29.6 Å². The number of aromatic nitrogens is 4. The van der Waals surface area contributed by atoms with Gasteiger partial charge in [-0.25, -0.2) is 0 Å². The largest absolute Gasteiger partial charge is 0.309 e. The summed E-state index contributed by atoms with van der Waals surface area (Å²) < 4.78 is 0. The fourth-order valence-corrected chi connectivity index (χ4v) is 2.84. The Kier molecular flexibility index (Phi) is 8.83. The minimum atomic E-state index is -0.106. The van der Waals surface area contributed by atoms with Crippen molar-refractivity contribution in [3.63, 3.8) is 0 Å². The van der Waals surface area contributed by atoms with Gasteiger partial charge in [0.05, 0.1) is 11.4 Å². The minimum absolute atomic E-state index is 0.0752. The summed E-state index contributed by atoms with van der Waals surface area (Å²) in [6.07, 6.45) is 3.64. The number of carbonyl (C=O) groups excluding carboxylic acids is 2. The van der Waals surface area contributed by atoms with Crippen LogP contribution >= 0.6 is 0 Å². The summed E-state index contributed by atoms with van der Waals surface area (Å²) in [7, 11) is 0. The molecule has 8 nitrogen and oxygen atoms in total. The lowest BCUT2D eigenvalue weighted by Gasteiger charge is -2.15. The third-order valence-electron chi connectivity index (χ3n) is 4.76. The molecular formula is C22H32N6O2. The molecule has 0 saturated heterocycles. The van der Waals surface area contributed by atoms with E-state index >= 15 is 0 Å². The highest BCUT2D eigenvalue weighted by molar-refractivity contribution is 5.91. The Morgan fingerprint density at radius 3 is 1.80 bits per heavy atom. The van der Waals surface area contributed by atoms with Gasteiger partial charge < -0.3 is 10.6 Å². The van der Waals surface area contributed by atoms with Gasteiger partial charge in [-0.05, 0) is 43.5 Å². The highest BCUT2D eigenvalue weighted by Gasteiger charge is 2.15. The second-order valence-corrected chi connectivity index (χ2v) is 8.07. The Balaban J connectivity index is 1.97. The van der Waals surface area contributed by atoms with E-state index in [2.05, 4.69) is 38.0 Å². The van der Waals surface area contributed by atoms with Crippen LogP contribution in [0.3, 0.4) is 0 Å². The predicted octanol–water partition coefficient (Wildman–Crippen LogP) is 3.97. The van der Waals surface area contributed by atoms with Crippen molar-refractivity contribution in [3.05, 3.63) is 35.7 Å². The zero-order chi connectivity index (χ0) is 22.1. The van der Waals surface area contributed by atoms with Crippen molar-refractivity contribution >= 4 is 23.5 Å². The van der Waals surface area contributed by atoms with Crippen molar-refractivity contribution in [2.75, 3.05) is 10.6 Å². The molecule has 0 saturated carbocycles. The Bertz CT molecular complexity index is 819. The zero-order valence-electron chi connectivity index (χ0n) is 18.5. The number of nitrogens with zero attached hydrogens (tertiary/aromatic N) is 4. The average molecular weight is 413 g/mol. The maximum Gasteiger partial charge on any atom is 0.228 e. The molecule has 1 unspecified atom stereocenters. The molecule has 2 rings (SSSR count). The molecule has 0 aliphatic carbocycles. The predicted molar refractivity (Wildman–Crippen MR) is 117 cm³/mol. The Labute approximate surface area is 178 Å². The Hall–Kier alpha value is -2.90. The van der Waals surface area contributed by atoms with E-state index in [1.807, 2.05) is 39.8 Å². The van der Waals surface area contributed by atoms with E-state index in [1.54, 1.807) is 12.1 Å². The Morgan fingerprint density at radius 1 is 0.800 bits per heavy atom. The molecule has 2 N–H and O–H groups in total. The fraction of sp³-hybridized carbons (Fsp3) is 0.545. The number of hydrogen-bond donors (Lipinski definition) is 2. The maximum absolute atomic E-state index is 11.8. The molecule has 2 aromatic rings. The van der Waals surface area contributed by atoms with Crippen molar-refractivity contribution < 1.29 is 9.59 Å². The molecule has 0 bridgehead atoms. The molecular weight excluding hydrogens is 380 g/mol. The Morgan fingerprint density at radius 2 is 1.37 bits per heavy atom. The van der Waals surface area contributed by atoms with Crippen LogP contribution in [0.4, 0.5) is 11.6 Å². The third kappa shape index (κ3) is 7.17. The minimum Gasteiger partial charge on any atom is -0.309 e. The topological polar surface area (TPSA) is 110 Å². The fourth-order valence-electron chi connectivity index (χ4n) is 2.84. The van der Waals surface area contributed by atoms with Crippen molar-refractivity contribution in [1.29, 1.82) is 0 Å². The molecule has 2 heterocycles. The molecule has 2 amide bonds. The molecule has 0 fully saturated rings. The number of hydrogen-bond acceptors (Lipinski definition) is 6. The second kappa shape index (κ2) is 11.3. The molecule has 0 aromatic carbocycles. The van der Waals surface area contributed by atoms with E-state index in [9.17, 15) is 9.59 Å². The van der Waals surface area contributed by atoms with E-state index in [0.717, 1.165) is 37.1 Å². The van der Waals surface area contributed by atoms with Gasteiger partial charge >= 0.3 is 0 Å². The molecule has 30 heavy (non-hydrogen) atoms. The van der Waals surface area contributed by atoms with Gasteiger partial charge in [0.25, 0.3) is 0 Å². The molecule has 0 aliphatic rings. The van der Waals surface area contributed by atoms with Gasteiger partial charge in [-0.3, -0.25) is 9.59 Å². The van der Waals surface area contributed by atoms with E-state index < -0.39 is 0 Å². The summed E-state index contributed by atoms with van der Waals surface area (Å²) in [6, 6.07) is 7.41. The first-order valence-electron chi connectivity index (χ1n) is 10.6. The first kappa shape index (κ1) is 23.4. The molecule has 0 aliphatic heterocycles. The standard InChI is InChI=1S/C22H32N6O2/c1-6-7-16(18-11-13-20(28-26-18)24-22(30)15(4)5)8-9-17-10-12-19(27-25-17)23-21(29)14(2)3/h10-16H,6-9H2,1-5H3,(H,23,27,29)(H,24,28,30). The van der Waals surface area contributed by atoms with Gasteiger partial charge in [0.15, 0.2) is 11.6 Å². The van der Waals surface area contributed by atoms with Crippen molar-refractivity contribution in [2.24, 2.45) is 11.8 Å². The molecule has 8 heteroatoms. The number of nitrogens with one attached hydrogen (secondary N) is 2. The molecule has 0 radical (unpaired) electrons. The van der Waals surface area contributed by atoms with Crippen LogP contribution in [0.25, 0.3) is 0 Å². The van der Waals surface area contributed by atoms with Gasteiger partial charge in [0.1, 0.15) is 0 Å². The van der Waals surface area contributed by atoms with Crippen LogP contribution in [0.1, 0.15) is 71.2 Å². The quantitative estimate of drug-likeness (QED) is 0.611. The summed E-state index contributed by atoms with van der Waals surface area (Å²) >= 11 is 0. The third-order valence-corrected chi connectivity index (χ3v) is 4.76. The zero-order valence-corrected chi connectivity index (χ0v) is 18.5. The highest BCUT2D eigenvalue weighted by atomic mass is 16.2. The van der Waals surface area contributed by atoms with E-state index in [0.29, 0.717) is 11.6 Å². The van der Waals surface area contributed by atoms with Crippen molar-refractivity contribution in [3.8, 4) is 0 Å². The summed E-state index contributed by atoms with van der Waals surface area (Å²) in [5, 5.41) is 22.3. The summed E-state index contributed by atoms with van der Waals surface area (Å²) in [5.41, 5.74) is 1.78. The number of rotatable bonds is 10. The molecule has 162 valence electrons. The van der Waals surface area contributed by atoms with Crippen LogP contribution in [0, 0.1) is 11.8 Å². The van der Waals surface area contributed by atoms with Crippen molar-refractivity contribution in [2.45, 2.75) is 66.2 Å². The number of anilines is 2. The van der Waals surface area contributed by atoms with Crippen LogP contribution in [0.15, 0.2) is 24.3 Å². The average Bonchev–Trinajstić information content (AvgIpc) is 2.72. The van der Waals surface area contributed by atoms with Crippen LogP contribution in [-0.2, 0) is 16.0 Å². The highest BCUT2D eigenvalue weighted by Crippen LogP contribution is 2.25. The SMILES string of the molecule is CCCC(CCc1ccc(NC(=O)C(C)C)nn1)c1ccc(NC(=O)C(C)C)nn1. The second-order valence-electron chi connectivity index (χ2n) is 8.07. The van der Waals surface area contributed by atoms with Crippen LogP contribution < -0.4 is 10.6 Å². The van der Waals surface area contributed by atoms with Gasteiger partial charge in [0, 0.05) is 17.8 Å². The summed E-state index contributed by atoms with van der Waals surface area (Å²) in [6.45, 7) is 9.48. The van der Waals surface area contributed by atoms with E-state index in [4.69, 9.17) is 0 Å². The van der Waals surface area contributed by atoms with Gasteiger partial charge in [0.2, 0.25) is 11.8 Å². The smallest absolute Gasteiger partial charge is 0.228 e. The summed E-state index contributed by atoms with van der Waals surface area (Å²) in [4.78, 5) is 23.5. The van der Waals surface area contributed by atoms with E-state index in [1.165, 1.54) is 0 Å². The first-order valence-corrected chi connectivity index (χ1v) is 10.6. The lowest BCUT2D eigenvalue weighted by atomic mass is 9.93.